The number of aromatic nitrogens is 1. The summed E-state index contributed by atoms with van der Waals surface area (Å²) < 4.78 is 0. The first-order valence-electron chi connectivity index (χ1n) is 5.44. The third-order valence-corrected chi connectivity index (χ3v) is 3.02. The van der Waals surface area contributed by atoms with Crippen molar-refractivity contribution in [1.29, 1.82) is 0 Å². The fourth-order valence-corrected chi connectivity index (χ4v) is 1.84. The predicted octanol–water partition coefficient (Wildman–Crippen LogP) is 2.98. The number of amides is 1. The van der Waals surface area contributed by atoms with Gasteiger partial charge in [-0.3, -0.25) is 4.79 Å². The molecule has 0 aliphatic carbocycles. The summed E-state index contributed by atoms with van der Waals surface area (Å²) in [5, 5.41) is 1.42. The van der Waals surface area contributed by atoms with Crippen molar-refractivity contribution in [2.24, 2.45) is 0 Å². The molecule has 1 aromatic carbocycles. The first-order chi connectivity index (χ1) is 8.13. The van der Waals surface area contributed by atoms with E-state index < -0.39 is 0 Å². The molecule has 3 nitrogen and oxygen atoms in total. The SMILES string of the molecule is CCN(C)C(=O)c1cc(Cl)c2ccccc2n1. The highest BCUT2D eigenvalue weighted by Gasteiger charge is 2.13. The Morgan fingerprint density at radius 3 is 2.82 bits per heavy atom. The van der Waals surface area contributed by atoms with Crippen LogP contribution in [0.5, 0.6) is 0 Å². The molecule has 0 saturated heterocycles. The van der Waals surface area contributed by atoms with Gasteiger partial charge in [0.1, 0.15) is 5.69 Å². The number of rotatable bonds is 2. The van der Waals surface area contributed by atoms with Gasteiger partial charge in [0, 0.05) is 19.0 Å². The van der Waals surface area contributed by atoms with Gasteiger partial charge < -0.3 is 4.90 Å². The van der Waals surface area contributed by atoms with Crippen LogP contribution in [0.15, 0.2) is 30.3 Å². The molecule has 0 N–H and O–H groups in total. The van der Waals surface area contributed by atoms with Crippen LogP contribution in [0.1, 0.15) is 17.4 Å². The third kappa shape index (κ3) is 2.24. The normalized spacial score (nSPS) is 10.5. The second-order valence-corrected chi connectivity index (χ2v) is 4.23. The molecule has 0 fully saturated rings. The lowest BCUT2D eigenvalue weighted by Gasteiger charge is -2.14. The first kappa shape index (κ1) is 11.9. The van der Waals surface area contributed by atoms with Crippen molar-refractivity contribution in [3.63, 3.8) is 0 Å². The molecule has 0 atom stereocenters. The molecular formula is C13H13ClN2O. The summed E-state index contributed by atoms with van der Waals surface area (Å²) in [7, 11) is 1.74. The maximum Gasteiger partial charge on any atom is 0.272 e. The number of benzene rings is 1. The number of halogens is 1. The van der Waals surface area contributed by atoms with E-state index in [0.717, 1.165) is 10.9 Å². The molecular weight excluding hydrogens is 236 g/mol. The fourth-order valence-electron chi connectivity index (χ4n) is 1.58. The van der Waals surface area contributed by atoms with Crippen molar-refractivity contribution in [2.75, 3.05) is 13.6 Å². The van der Waals surface area contributed by atoms with Crippen LogP contribution < -0.4 is 0 Å². The number of fused-ring (bicyclic) bond motifs is 1. The minimum absolute atomic E-state index is 0.111. The number of nitrogens with zero attached hydrogens (tertiary/aromatic N) is 2. The summed E-state index contributed by atoms with van der Waals surface area (Å²) in [6.45, 7) is 2.56. The van der Waals surface area contributed by atoms with Crippen LogP contribution in [0.3, 0.4) is 0 Å². The van der Waals surface area contributed by atoms with Crippen molar-refractivity contribution in [3.05, 3.63) is 41.0 Å². The monoisotopic (exact) mass is 248 g/mol. The van der Waals surface area contributed by atoms with Gasteiger partial charge in [0.2, 0.25) is 0 Å². The Hall–Kier alpha value is -1.61. The summed E-state index contributed by atoms with van der Waals surface area (Å²) >= 11 is 6.14. The molecule has 88 valence electrons. The summed E-state index contributed by atoms with van der Waals surface area (Å²) in [6, 6.07) is 9.14. The summed E-state index contributed by atoms with van der Waals surface area (Å²) in [5.74, 6) is -0.111. The Morgan fingerprint density at radius 1 is 1.41 bits per heavy atom. The topological polar surface area (TPSA) is 33.2 Å². The average Bonchev–Trinajstić information content (AvgIpc) is 2.37. The molecule has 1 amide bonds. The van der Waals surface area contributed by atoms with E-state index in [0.29, 0.717) is 17.3 Å². The largest absolute Gasteiger partial charge is 0.341 e. The van der Waals surface area contributed by atoms with Crippen LogP contribution in [0, 0.1) is 0 Å². The molecule has 0 spiro atoms. The van der Waals surface area contributed by atoms with Gasteiger partial charge in [-0.2, -0.15) is 0 Å². The van der Waals surface area contributed by atoms with Crippen molar-refractivity contribution in [1.82, 2.24) is 9.88 Å². The fraction of sp³-hybridized carbons (Fsp3) is 0.231. The van der Waals surface area contributed by atoms with Gasteiger partial charge in [-0.1, -0.05) is 29.8 Å². The highest BCUT2D eigenvalue weighted by molar-refractivity contribution is 6.35. The second-order valence-electron chi connectivity index (χ2n) is 3.83. The Balaban J connectivity index is 2.54. The minimum Gasteiger partial charge on any atom is -0.341 e. The number of hydrogen-bond donors (Lipinski definition) is 0. The van der Waals surface area contributed by atoms with Crippen molar-refractivity contribution in [3.8, 4) is 0 Å². The minimum atomic E-state index is -0.111. The summed E-state index contributed by atoms with van der Waals surface area (Å²) in [5.41, 5.74) is 1.13. The molecule has 0 unspecified atom stereocenters. The standard InChI is InChI=1S/C13H13ClN2O/c1-3-16(2)13(17)12-8-10(14)9-6-4-5-7-11(9)15-12/h4-8H,3H2,1-2H3. The van der Waals surface area contributed by atoms with E-state index in [1.54, 1.807) is 18.0 Å². The highest BCUT2D eigenvalue weighted by atomic mass is 35.5. The number of hydrogen-bond acceptors (Lipinski definition) is 2. The van der Waals surface area contributed by atoms with E-state index in [-0.39, 0.29) is 5.91 Å². The van der Waals surface area contributed by atoms with E-state index in [4.69, 9.17) is 11.6 Å². The Labute approximate surface area is 105 Å². The van der Waals surface area contributed by atoms with Crippen LogP contribution in [-0.2, 0) is 0 Å². The van der Waals surface area contributed by atoms with E-state index in [2.05, 4.69) is 4.98 Å². The Morgan fingerprint density at radius 2 is 2.12 bits per heavy atom. The van der Waals surface area contributed by atoms with Crippen molar-refractivity contribution < 1.29 is 4.79 Å². The molecule has 0 radical (unpaired) electrons. The number of carbonyl (C=O) groups excluding carboxylic acids is 1. The van der Waals surface area contributed by atoms with Crippen molar-refractivity contribution in [2.45, 2.75) is 6.92 Å². The van der Waals surface area contributed by atoms with Gasteiger partial charge in [0.05, 0.1) is 10.5 Å². The van der Waals surface area contributed by atoms with Gasteiger partial charge in [-0.05, 0) is 19.1 Å². The zero-order chi connectivity index (χ0) is 12.4. The number of pyridine rings is 1. The molecule has 1 heterocycles. The molecule has 0 aliphatic heterocycles. The third-order valence-electron chi connectivity index (χ3n) is 2.71. The quantitative estimate of drug-likeness (QED) is 0.819. The van der Waals surface area contributed by atoms with Gasteiger partial charge >= 0.3 is 0 Å². The molecule has 1 aromatic heterocycles. The Bertz CT molecular complexity index is 568. The van der Waals surface area contributed by atoms with Gasteiger partial charge in [-0.15, -0.1) is 0 Å². The average molecular weight is 249 g/mol. The lowest BCUT2D eigenvalue weighted by atomic mass is 10.2. The van der Waals surface area contributed by atoms with Crippen LogP contribution in [0.25, 0.3) is 10.9 Å². The summed E-state index contributed by atoms with van der Waals surface area (Å²) in [4.78, 5) is 17.9. The molecule has 0 aliphatic rings. The molecule has 2 rings (SSSR count). The second kappa shape index (κ2) is 4.72. The predicted molar refractivity (Wildman–Crippen MR) is 69.4 cm³/mol. The molecule has 0 bridgehead atoms. The van der Waals surface area contributed by atoms with Crippen LogP contribution in [0.2, 0.25) is 5.02 Å². The molecule has 4 heteroatoms. The van der Waals surface area contributed by atoms with Gasteiger partial charge in [-0.25, -0.2) is 4.98 Å². The lowest BCUT2D eigenvalue weighted by molar-refractivity contribution is 0.0797. The maximum absolute atomic E-state index is 12.0. The molecule has 17 heavy (non-hydrogen) atoms. The van der Waals surface area contributed by atoms with E-state index in [1.165, 1.54) is 0 Å². The maximum atomic E-state index is 12.0. The van der Waals surface area contributed by atoms with E-state index in [1.807, 2.05) is 31.2 Å². The van der Waals surface area contributed by atoms with Gasteiger partial charge in [0.15, 0.2) is 0 Å². The number of para-hydroxylation sites is 1. The zero-order valence-electron chi connectivity index (χ0n) is 9.77. The molecule has 2 aromatic rings. The summed E-state index contributed by atoms with van der Waals surface area (Å²) in [6.07, 6.45) is 0. The van der Waals surface area contributed by atoms with Crippen LogP contribution >= 0.6 is 11.6 Å². The van der Waals surface area contributed by atoms with Crippen molar-refractivity contribution >= 4 is 28.4 Å². The van der Waals surface area contributed by atoms with E-state index >= 15 is 0 Å². The van der Waals surface area contributed by atoms with Gasteiger partial charge in [0.25, 0.3) is 5.91 Å². The lowest BCUT2D eigenvalue weighted by Crippen LogP contribution is -2.27. The molecule has 0 saturated carbocycles. The van der Waals surface area contributed by atoms with Crippen LogP contribution in [-0.4, -0.2) is 29.4 Å². The number of carbonyl (C=O) groups is 1. The van der Waals surface area contributed by atoms with E-state index in [9.17, 15) is 4.79 Å². The Kier molecular flexibility index (Phi) is 3.29. The highest BCUT2D eigenvalue weighted by Crippen LogP contribution is 2.23. The zero-order valence-corrected chi connectivity index (χ0v) is 10.5. The first-order valence-corrected chi connectivity index (χ1v) is 5.82. The smallest absolute Gasteiger partial charge is 0.272 e. The van der Waals surface area contributed by atoms with Crippen LogP contribution in [0.4, 0.5) is 0 Å².